The molecule has 1 fully saturated rings. The number of pyridine rings is 1. The fourth-order valence-corrected chi connectivity index (χ4v) is 4.72. The minimum Gasteiger partial charge on any atom is -0.367 e. The van der Waals surface area contributed by atoms with E-state index < -0.39 is 0 Å². The van der Waals surface area contributed by atoms with E-state index in [-0.39, 0.29) is 0 Å². The van der Waals surface area contributed by atoms with Crippen molar-refractivity contribution in [2.24, 2.45) is 0 Å². The highest BCUT2D eigenvalue weighted by atomic mass is 35.5. The summed E-state index contributed by atoms with van der Waals surface area (Å²) in [6.45, 7) is 3.13. The zero-order chi connectivity index (χ0) is 22.8. The molecule has 6 nitrogen and oxygen atoms in total. The normalized spacial score (nSPS) is 13.8. The topological polar surface area (TPSA) is 68.9 Å². The average molecular weight is 473 g/mol. The summed E-state index contributed by atoms with van der Waals surface area (Å²) in [5.41, 5.74) is 4.17. The smallest absolute Gasteiger partial charge is 0.189 e. The van der Waals surface area contributed by atoms with Crippen LogP contribution in [-0.2, 0) is 0 Å². The summed E-state index contributed by atoms with van der Waals surface area (Å²) in [5, 5.41) is 12.5. The standard InChI is InChI=1S/C25H21ClN6S/c1-33-25-29-23(17-5-3-2-4-6-17)20(16-27)24(30-25)32-13-11-31(12-14-32)22-9-10-28-21-15-18(26)7-8-19(21)22/h2-10,15H,11-14H2,1H3. The van der Waals surface area contributed by atoms with E-state index in [2.05, 4.69) is 31.9 Å². The molecule has 0 N–H and O–H groups in total. The number of nitrogens with zero attached hydrogens (tertiary/aromatic N) is 6. The Bertz CT molecular complexity index is 1350. The van der Waals surface area contributed by atoms with Crippen molar-refractivity contribution in [3.63, 3.8) is 0 Å². The van der Waals surface area contributed by atoms with Crippen molar-refractivity contribution in [3.8, 4) is 17.3 Å². The van der Waals surface area contributed by atoms with Crippen LogP contribution in [0.5, 0.6) is 0 Å². The van der Waals surface area contributed by atoms with Crippen molar-refractivity contribution in [1.82, 2.24) is 15.0 Å². The number of thioether (sulfide) groups is 1. The molecule has 8 heteroatoms. The van der Waals surface area contributed by atoms with E-state index in [0.717, 1.165) is 48.3 Å². The van der Waals surface area contributed by atoms with Crippen LogP contribution in [0.4, 0.5) is 11.5 Å². The highest BCUT2D eigenvalue weighted by molar-refractivity contribution is 7.98. The minimum absolute atomic E-state index is 0.524. The molecule has 4 aromatic rings. The van der Waals surface area contributed by atoms with Crippen LogP contribution in [0.1, 0.15) is 5.56 Å². The number of halogens is 1. The Kier molecular flexibility index (Phi) is 6.03. The SMILES string of the molecule is CSc1nc(-c2ccccc2)c(C#N)c(N2CCN(c3ccnc4cc(Cl)ccc34)CC2)n1. The van der Waals surface area contributed by atoms with E-state index in [4.69, 9.17) is 16.6 Å². The zero-order valence-electron chi connectivity index (χ0n) is 18.1. The largest absolute Gasteiger partial charge is 0.367 e. The van der Waals surface area contributed by atoms with E-state index in [0.29, 0.717) is 27.3 Å². The summed E-state index contributed by atoms with van der Waals surface area (Å²) in [7, 11) is 0. The lowest BCUT2D eigenvalue weighted by atomic mass is 10.1. The van der Waals surface area contributed by atoms with Crippen molar-refractivity contribution >= 4 is 45.8 Å². The molecule has 0 radical (unpaired) electrons. The fourth-order valence-electron chi connectivity index (χ4n) is 4.20. The lowest BCUT2D eigenvalue weighted by Gasteiger charge is -2.37. The van der Waals surface area contributed by atoms with Crippen LogP contribution >= 0.6 is 23.4 Å². The maximum atomic E-state index is 10.0. The molecule has 0 saturated carbocycles. The van der Waals surface area contributed by atoms with Gasteiger partial charge in [0.25, 0.3) is 0 Å². The van der Waals surface area contributed by atoms with Gasteiger partial charge in [-0.2, -0.15) is 5.26 Å². The van der Waals surface area contributed by atoms with Gasteiger partial charge in [-0.15, -0.1) is 0 Å². The molecule has 0 unspecified atom stereocenters. The molecule has 1 saturated heterocycles. The zero-order valence-corrected chi connectivity index (χ0v) is 19.6. The van der Waals surface area contributed by atoms with Crippen LogP contribution < -0.4 is 9.80 Å². The maximum Gasteiger partial charge on any atom is 0.189 e. The first kappa shape index (κ1) is 21.5. The number of fused-ring (bicyclic) bond motifs is 1. The second-order valence-corrected chi connectivity index (χ2v) is 8.91. The Morgan fingerprint density at radius 2 is 1.73 bits per heavy atom. The summed E-state index contributed by atoms with van der Waals surface area (Å²) in [6, 6.07) is 20.1. The Morgan fingerprint density at radius 3 is 2.45 bits per heavy atom. The van der Waals surface area contributed by atoms with Gasteiger partial charge in [-0.05, 0) is 30.5 Å². The third kappa shape index (κ3) is 4.20. The van der Waals surface area contributed by atoms with Gasteiger partial charge in [-0.25, -0.2) is 9.97 Å². The lowest BCUT2D eigenvalue weighted by Crippen LogP contribution is -2.47. The van der Waals surface area contributed by atoms with Crippen molar-refractivity contribution < 1.29 is 0 Å². The third-order valence-electron chi connectivity index (χ3n) is 5.81. The summed E-state index contributed by atoms with van der Waals surface area (Å²) in [4.78, 5) is 18.4. The van der Waals surface area contributed by atoms with Crippen molar-refractivity contribution in [3.05, 3.63) is 71.4 Å². The summed E-state index contributed by atoms with van der Waals surface area (Å²) in [6.07, 6.45) is 3.79. The Balaban J connectivity index is 1.46. The first-order chi connectivity index (χ1) is 16.2. The molecular formula is C25H21ClN6S. The Hall–Kier alpha value is -3.34. The number of benzene rings is 2. The third-order valence-corrected chi connectivity index (χ3v) is 6.60. The molecule has 0 amide bonds. The number of rotatable bonds is 4. The predicted molar refractivity (Wildman–Crippen MR) is 135 cm³/mol. The van der Waals surface area contributed by atoms with E-state index in [9.17, 15) is 5.26 Å². The molecule has 164 valence electrons. The summed E-state index contributed by atoms with van der Waals surface area (Å²) in [5.74, 6) is 0.710. The highest BCUT2D eigenvalue weighted by Gasteiger charge is 2.25. The second-order valence-electron chi connectivity index (χ2n) is 7.70. The number of nitriles is 1. The predicted octanol–water partition coefficient (Wildman–Crippen LogP) is 5.27. The van der Waals surface area contributed by atoms with Gasteiger partial charge in [0.05, 0.1) is 11.2 Å². The van der Waals surface area contributed by atoms with E-state index in [1.54, 1.807) is 0 Å². The van der Waals surface area contributed by atoms with Gasteiger partial charge in [-0.1, -0.05) is 53.7 Å². The summed E-state index contributed by atoms with van der Waals surface area (Å²) < 4.78 is 0. The van der Waals surface area contributed by atoms with E-state index >= 15 is 0 Å². The molecule has 0 atom stereocenters. The Labute approximate surface area is 201 Å². The van der Waals surface area contributed by atoms with Crippen molar-refractivity contribution in [1.29, 1.82) is 5.26 Å². The number of hydrogen-bond acceptors (Lipinski definition) is 7. The number of aromatic nitrogens is 3. The van der Waals surface area contributed by atoms with Crippen LogP contribution in [0.15, 0.2) is 66.0 Å². The number of hydrogen-bond donors (Lipinski definition) is 0. The molecular weight excluding hydrogens is 452 g/mol. The first-order valence-electron chi connectivity index (χ1n) is 10.6. The molecule has 2 aromatic heterocycles. The molecule has 2 aromatic carbocycles. The van der Waals surface area contributed by atoms with Gasteiger partial charge in [0.15, 0.2) is 11.0 Å². The highest BCUT2D eigenvalue weighted by Crippen LogP contribution is 2.32. The number of piperazine rings is 1. The van der Waals surface area contributed by atoms with Gasteiger partial charge in [-0.3, -0.25) is 4.98 Å². The van der Waals surface area contributed by atoms with E-state index in [1.165, 1.54) is 11.8 Å². The maximum absolute atomic E-state index is 10.0. The molecule has 1 aliphatic rings. The van der Waals surface area contributed by atoms with Crippen molar-refractivity contribution in [2.75, 3.05) is 42.2 Å². The van der Waals surface area contributed by atoms with Crippen LogP contribution in [0.25, 0.3) is 22.2 Å². The van der Waals surface area contributed by atoms with Gasteiger partial charge in [0, 0.05) is 54.0 Å². The van der Waals surface area contributed by atoms with Gasteiger partial charge in [0.2, 0.25) is 0 Å². The van der Waals surface area contributed by atoms with Gasteiger partial charge in [0.1, 0.15) is 11.6 Å². The molecule has 0 spiro atoms. The monoisotopic (exact) mass is 472 g/mol. The van der Waals surface area contributed by atoms with Crippen LogP contribution in [0.2, 0.25) is 5.02 Å². The Morgan fingerprint density at radius 1 is 0.970 bits per heavy atom. The molecule has 5 rings (SSSR count). The lowest BCUT2D eigenvalue weighted by molar-refractivity contribution is 0.644. The molecule has 3 heterocycles. The fraction of sp³-hybridized carbons (Fsp3) is 0.200. The minimum atomic E-state index is 0.524. The molecule has 1 aliphatic heterocycles. The van der Waals surface area contributed by atoms with Crippen LogP contribution in [-0.4, -0.2) is 47.4 Å². The molecule has 0 aliphatic carbocycles. The second kappa shape index (κ2) is 9.26. The molecule has 33 heavy (non-hydrogen) atoms. The van der Waals surface area contributed by atoms with Crippen LogP contribution in [0, 0.1) is 11.3 Å². The van der Waals surface area contributed by atoms with Gasteiger partial charge < -0.3 is 9.80 Å². The van der Waals surface area contributed by atoms with Gasteiger partial charge >= 0.3 is 0 Å². The molecule has 0 bridgehead atoms. The van der Waals surface area contributed by atoms with E-state index in [1.807, 2.05) is 61.0 Å². The average Bonchev–Trinajstić information content (AvgIpc) is 2.88. The van der Waals surface area contributed by atoms with Crippen LogP contribution in [0.3, 0.4) is 0 Å². The summed E-state index contributed by atoms with van der Waals surface area (Å²) >= 11 is 7.64. The first-order valence-corrected chi connectivity index (χ1v) is 12.2. The number of anilines is 2. The quantitative estimate of drug-likeness (QED) is 0.296. The van der Waals surface area contributed by atoms with Crippen molar-refractivity contribution in [2.45, 2.75) is 5.16 Å².